The largest absolute Gasteiger partial charge is 0.507 e. The zero-order chi connectivity index (χ0) is 18.8. The van der Waals surface area contributed by atoms with Gasteiger partial charge in [-0.1, -0.05) is 6.07 Å². The number of benzene rings is 1. The van der Waals surface area contributed by atoms with Gasteiger partial charge < -0.3 is 20.8 Å². The lowest BCUT2D eigenvalue weighted by Gasteiger charge is -2.39. The second kappa shape index (κ2) is 7.61. The van der Waals surface area contributed by atoms with E-state index < -0.39 is 12.0 Å². The van der Waals surface area contributed by atoms with Gasteiger partial charge in [0.1, 0.15) is 5.75 Å². The molecule has 140 valence electrons. The molecule has 3 rings (SSSR count). The SMILES string of the molecule is Cc1csc(N2CCN(C(C)C(O)c3ccc(O)c(C(N)=O)c3)CC2)n1. The van der Waals surface area contributed by atoms with Gasteiger partial charge in [-0.15, -0.1) is 11.3 Å². The minimum Gasteiger partial charge on any atom is -0.507 e. The Balaban J connectivity index is 1.65. The number of anilines is 1. The normalized spacial score (nSPS) is 17.9. The van der Waals surface area contributed by atoms with Crippen LogP contribution in [0.3, 0.4) is 0 Å². The van der Waals surface area contributed by atoms with E-state index in [4.69, 9.17) is 5.73 Å². The van der Waals surface area contributed by atoms with Crippen molar-refractivity contribution in [2.45, 2.75) is 26.0 Å². The van der Waals surface area contributed by atoms with Crippen LogP contribution in [0.1, 0.15) is 34.6 Å². The summed E-state index contributed by atoms with van der Waals surface area (Å²) >= 11 is 1.65. The monoisotopic (exact) mass is 376 g/mol. The van der Waals surface area contributed by atoms with Crippen molar-refractivity contribution in [3.63, 3.8) is 0 Å². The van der Waals surface area contributed by atoms with Crippen molar-refractivity contribution >= 4 is 22.4 Å². The number of phenols is 1. The molecule has 0 bridgehead atoms. The van der Waals surface area contributed by atoms with Crippen LogP contribution in [0, 0.1) is 6.92 Å². The topological polar surface area (TPSA) is 103 Å². The van der Waals surface area contributed by atoms with Crippen molar-refractivity contribution in [3.8, 4) is 5.75 Å². The Morgan fingerprint density at radius 1 is 1.31 bits per heavy atom. The Morgan fingerprint density at radius 2 is 2.00 bits per heavy atom. The van der Waals surface area contributed by atoms with Crippen molar-refractivity contribution < 1.29 is 15.0 Å². The third-order valence-corrected chi connectivity index (χ3v) is 5.87. The number of piperazine rings is 1. The summed E-state index contributed by atoms with van der Waals surface area (Å²) in [6.45, 7) is 7.30. The number of aromatic nitrogens is 1. The van der Waals surface area contributed by atoms with Crippen molar-refractivity contribution in [1.29, 1.82) is 0 Å². The lowest BCUT2D eigenvalue weighted by Crippen LogP contribution is -2.51. The Bertz CT molecular complexity index is 786. The molecular weight excluding hydrogens is 352 g/mol. The van der Waals surface area contributed by atoms with Gasteiger partial charge in [-0.2, -0.15) is 0 Å². The number of rotatable bonds is 5. The van der Waals surface area contributed by atoms with E-state index in [0.717, 1.165) is 37.0 Å². The number of nitrogens with zero attached hydrogens (tertiary/aromatic N) is 3. The highest BCUT2D eigenvalue weighted by Crippen LogP contribution is 2.28. The molecule has 0 radical (unpaired) electrons. The molecule has 2 aromatic rings. The molecule has 7 nitrogen and oxygen atoms in total. The first-order chi connectivity index (χ1) is 12.4. The van der Waals surface area contributed by atoms with Gasteiger partial charge in [0.15, 0.2) is 5.13 Å². The Labute approximate surface area is 156 Å². The van der Waals surface area contributed by atoms with Crippen molar-refractivity contribution in [2.24, 2.45) is 5.73 Å². The maximum absolute atomic E-state index is 11.4. The van der Waals surface area contributed by atoms with Crippen LogP contribution in [0.5, 0.6) is 5.75 Å². The lowest BCUT2D eigenvalue weighted by atomic mass is 9.99. The van der Waals surface area contributed by atoms with Crippen LogP contribution in [-0.2, 0) is 0 Å². The van der Waals surface area contributed by atoms with Crippen LogP contribution >= 0.6 is 11.3 Å². The Morgan fingerprint density at radius 3 is 2.58 bits per heavy atom. The van der Waals surface area contributed by atoms with Gasteiger partial charge in [0.2, 0.25) is 0 Å². The van der Waals surface area contributed by atoms with E-state index in [-0.39, 0.29) is 17.4 Å². The van der Waals surface area contributed by atoms with Crippen molar-refractivity contribution in [3.05, 3.63) is 40.4 Å². The van der Waals surface area contributed by atoms with Crippen molar-refractivity contribution in [2.75, 3.05) is 31.1 Å². The summed E-state index contributed by atoms with van der Waals surface area (Å²) in [6, 6.07) is 4.36. The highest BCUT2D eigenvalue weighted by Gasteiger charge is 2.28. The van der Waals surface area contributed by atoms with Gasteiger partial charge in [-0.3, -0.25) is 9.69 Å². The molecule has 0 spiro atoms. The van der Waals surface area contributed by atoms with Gasteiger partial charge in [0.05, 0.1) is 17.4 Å². The van der Waals surface area contributed by atoms with Crippen molar-refractivity contribution in [1.82, 2.24) is 9.88 Å². The van der Waals surface area contributed by atoms with Crippen LogP contribution in [-0.4, -0.2) is 58.2 Å². The Hall–Kier alpha value is -2.16. The Kier molecular flexibility index (Phi) is 5.45. The van der Waals surface area contributed by atoms with E-state index in [1.54, 1.807) is 17.4 Å². The van der Waals surface area contributed by atoms with Gasteiger partial charge in [-0.05, 0) is 31.5 Å². The number of aliphatic hydroxyl groups excluding tert-OH is 1. The summed E-state index contributed by atoms with van der Waals surface area (Å²) in [5, 5.41) is 23.5. The first-order valence-corrected chi connectivity index (χ1v) is 9.46. The molecule has 1 aliphatic heterocycles. The number of aryl methyl sites for hydroxylation is 1. The lowest BCUT2D eigenvalue weighted by molar-refractivity contribution is 0.0545. The molecule has 26 heavy (non-hydrogen) atoms. The summed E-state index contributed by atoms with van der Waals surface area (Å²) < 4.78 is 0. The second-order valence-corrected chi connectivity index (χ2v) is 7.46. The average molecular weight is 376 g/mol. The quantitative estimate of drug-likeness (QED) is 0.731. The van der Waals surface area contributed by atoms with Crippen LogP contribution in [0.4, 0.5) is 5.13 Å². The molecule has 0 saturated carbocycles. The predicted octanol–water partition coefficient (Wildman–Crippen LogP) is 1.50. The highest BCUT2D eigenvalue weighted by molar-refractivity contribution is 7.13. The molecule has 2 unspecified atom stereocenters. The third-order valence-electron chi connectivity index (χ3n) is 4.85. The third kappa shape index (κ3) is 3.82. The van der Waals surface area contributed by atoms with E-state index in [9.17, 15) is 15.0 Å². The van der Waals surface area contributed by atoms with E-state index >= 15 is 0 Å². The molecule has 1 fully saturated rings. The number of carbonyl (C=O) groups is 1. The maximum atomic E-state index is 11.4. The molecule has 2 atom stereocenters. The molecule has 1 amide bonds. The van der Waals surface area contributed by atoms with Crippen LogP contribution in [0.25, 0.3) is 0 Å². The van der Waals surface area contributed by atoms with Gasteiger partial charge >= 0.3 is 0 Å². The number of hydrogen-bond acceptors (Lipinski definition) is 7. The fraction of sp³-hybridized carbons (Fsp3) is 0.444. The molecule has 1 saturated heterocycles. The highest BCUT2D eigenvalue weighted by atomic mass is 32.1. The molecule has 1 aliphatic rings. The zero-order valence-corrected chi connectivity index (χ0v) is 15.7. The molecule has 8 heteroatoms. The summed E-state index contributed by atoms with van der Waals surface area (Å²) in [6.07, 6.45) is -0.776. The van der Waals surface area contributed by atoms with Gasteiger partial charge in [-0.25, -0.2) is 4.98 Å². The first-order valence-electron chi connectivity index (χ1n) is 8.58. The molecule has 1 aromatic heterocycles. The summed E-state index contributed by atoms with van der Waals surface area (Å²) in [7, 11) is 0. The van der Waals surface area contributed by atoms with Crippen LogP contribution in [0.2, 0.25) is 0 Å². The minimum atomic E-state index is -0.776. The van der Waals surface area contributed by atoms with E-state index in [0.29, 0.717) is 5.56 Å². The van der Waals surface area contributed by atoms with Crippen LogP contribution in [0.15, 0.2) is 23.6 Å². The predicted molar refractivity (Wildman–Crippen MR) is 102 cm³/mol. The summed E-state index contributed by atoms with van der Waals surface area (Å²) in [5.74, 6) is -0.884. The number of amides is 1. The molecular formula is C18H24N4O3S. The molecule has 4 N–H and O–H groups in total. The number of thiazole rings is 1. The number of hydrogen-bond donors (Lipinski definition) is 3. The van der Waals surface area contributed by atoms with Crippen LogP contribution < -0.4 is 10.6 Å². The fourth-order valence-electron chi connectivity index (χ4n) is 3.22. The standard InChI is InChI=1S/C18H24N4O3S/c1-11-10-26-18(20-11)22-7-5-21(6-8-22)12(2)16(24)13-3-4-15(23)14(9-13)17(19)25/h3-4,9-10,12,16,23-24H,5-8H2,1-2H3,(H2,19,25). The second-order valence-electron chi connectivity index (χ2n) is 6.62. The number of primary amides is 1. The zero-order valence-electron chi connectivity index (χ0n) is 14.9. The number of nitrogens with two attached hydrogens (primary N) is 1. The number of aliphatic hydroxyl groups is 1. The summed E-state index contributed by atoms with van der Waals surface area (Å²) in [4.78, 5) is 20.4. The smallest absolute Gasteiger partial charge is 0.252 e. The van der Waals surface area contributed by atoms with E-state index in [2.05, 4.69) is 20.2 Å². The van der Waals surface area contributed by atoms with Gasteiger partial charge in [0, 0.05) is 37.6 Å². The number of carbonyl (C=O) groups excluding carboxylic acids is 1. The summed E-state index contributed by atoms with van der Waals surface area (Å²) in [5.41, 5.74) is 6.91. The molecule has 2 heterocycles. The van der Waals surface area contributed by atoms with Gasteiger partial charge in [0.25, 0.3) is 5.91 Å². The number of aromatic hydroxyl groups is 1. The first kappa shape index (κ1) is 18.6. The average Bonchev–Trinajstić information content (AvgIpc) is 3.07. The van der Waals surface area contributed by atoms with E-state index in [1.165, 1.54) is 12.1 Å². The molecule has 0 aliphatic carbocycles. The van der Waals surface area contributed by atoms with E-state index in [1.807, 2.05) is 13.8 Å². The molecule has 1 aromatic carbocycles. The minimum absolute atomic E-state index is 0.0257. The fourth-order valence-corrected chi connectivity index (χ4v) is 4.08. The maximum Gasteiger partial charge on any atom is 0.252 e.